The molecule has 9 heavy (non-hydrogen) atoms. The van der Waals surface area contributed by atoms with E-state index in [1.54, 1.807) is 6.07 Å². The molecule has 1 heterocycles. The van der Waals surface area contributed by atoms with Crippen LogP contribution in [0.4, 0.5) is 0 Å². The Labute approximate surface area is 55.1 Å². The fourth-order valence-electron chi connectivity index (χ4n) is 0.602. The number of nitrogens with zero attached hydrogens (tertiary/aromatic N) is 1. The molecular weight excluding hydrogens is 110 g/mol. The van der Waals surface area contributed by atoms with E-state index in [1.807, 2.05) is 31.2 Å². The van der Waals surface area contributed by atoms with Gasteiger partial charge in [0.1, 0.15) is 0 Å². The van der Waals surface area contributed by atoms with Crippen molar-refractivity contribution in [2.75, 3.05) is 0 Å². The third kappa shape index (κ3) is 1.68. The van der Waals surface area contributed by atoms with Crippen LogP contribution in [0.15, 0.2) is 24.3 Å². The van der Waals surface area contributed by atoms with Crippen LogP contribution in [0, 0.1) is 6.20 Å². The van der Waals surface area contributed by atoms with Gasteiger partial charge in [-0.25, -0.2) is 4.98 Å². The van der Waals surface area contributed by atoms with Gasteiger partial charge in [0.15, 0.2) is 0 Å². The molecule has 0 bridgehead atoms. The molecule has 0 unspecified atom stereocenters. The Hall–Kier alpha value is -1.11. The summed E-state index contributed by atoms with van der Waals surface area (Å²) in [4.78, 5) is 3.96. The molecular formula is C8H8N. The second-order valence-electron chi connectivity index (χ2n) is 1.69. The monoisotopic (exact) mass is 118 g/mol. The quantitative estimate of drug-likeness (QED) is 0.549. The van der Waals surface area contributed by atoms with E-state index in [0.29, 0.717) is 0 Å². The summed E-state index contributed by atoms with van der Waals surface area (Å²) in [6.45, 7) is 1.97. The normalized spacial score (nSPS) is 10.3. The zero-order valence-corrected chi connectivity index (χ0v) is 5.33. The number of hydrogen-bond donors (Lipinski definition) is 0. The van der Waals surface area contributed by atoms with Crippen molar-refractivity contribution in [2.24, 2.45) is 0 Å². The molecule has 0 aliphatic heterocycles. The van der Waals surface area contributed by atoms with Crippen molar-refractivity contribution in [1.82, 2.24) is 4.98 Å². The lowest BCUT2D eigenvalue weighted by Crippen LogP contribution is -1.75. The van der Waals surface area contributed by atoms with E-state index in [-0.39, 0.29) is 0 Å². The lowest BCUT2D eigenvalue weighted by molar-refractivity contribution is 1.28. The molecule has 0 saturated heterocycles. The minimum atomic E-state index is 0.958. The molecule has 0 N–H and O–H groups in total. The van der Waals surface area contributed by atoms with Crippen molar-refractivity contribution >= 4 is 6.08 Å². The maximum atomic E-state index is 3.96. The molecule has 0 aliphatic carbocycles. The summed E-state index contributed by atoms with van der Waals surface area (Å²) in [5, 5.41) is 0. The van der Waals surface area contributed by atoms with Crippen LogP contribution in [0.2, 0.25) is 0 Å². The fourth-order valence-corrected chi connectivity index (χ4v) is 0.602. The number of hydrogen-bond acceptors (Lipinski definition) is 1. The van der Waals surface area contributed by atoms with Gasteiger partial charge in [-0.15, -0.1) is 0 Å². The van der Waals surface area contributed by atoms with E-state index in [1.165, 1.54) is 0 Å². The Morgan fingerprint density at radius 2 is 2.56 bits per heavy atom. The first-order valence-corrected chi connectivity index (χ1v) is 2.89. The van der Waals surface area contributed by atoms with Crippen LogP contribution in [0.3, 0.4) is 0 Å². The molecule has 0 aliphatic rings. The Bertz CT molecular complexity index is 189. The van der Waals surface area contributed by atoms with E-state index in [9.17, 15) is 0 Å². The van der Waals surface area contributed by atoms with Crippen molar-refractivity contribution in [1.29, 1.82) is 0 Å². The predicted molar refractivity (Wildman–Crippen MR) is 37.8 cm³/mol. The standard InChI is InChI=1S/C8H8N/c1-2-5-8-6-3-4-7-9-8/h2-6H,1H3/b5-2-. The van der Waals surface area contributed by atoms with Gasteiger partial charge in [-0.05, 0) is 25.1 Å². The largest absolute Gasteiger partial charge is 0.247 e. The Morgan fingerprint density at radius 1 is 1.67 bits per heavy atom. The van der Waals surface area contributed by atoms with Gasteiger partial charge in [0.2, 0.25) is 0 Å². The van der Waals surface area contributed by atoms with Crippen LogP contribution >= 0.6 is 0 Å². The van der Waals surface area contributed by atoms with E-state index in [4.69, 9.17) is 0 Å². The summed E-state index contributed by atoms with van der Waals surface area (Å²) in [6, 6.07) is 5.64. The lowest BCUT2D eigenvalue weighted by Gasteiger charge is -1.85. The fraction of sp³-hybridized carbons (Fsp3) is 0.125. The van der Waals surface area contributed by atoms with Gasteiger partial charge in [-0.2, -0.15) is 0 Å². The van der Waals surface area contributed by atoms with Crippen LogP contribution in [0.5, 0.6) is 0 Å². The van der Waals surface area contributed by atoms with Gasteiger partial charge in [-0.3, -0.25) is 0 Å². The molecule has 0 aromatic carbocycles. The van der Waals surface area contributed by atoms with Crippen LogP contribution < -0.4 is 0 Å². The Kier molecular flexibility index (Phi) is 2.02. The molecule has 1 heteroatoms. The lowest BCUT2D eigenvalue weighted by atomic mass is 10.3. The zero-order valence-electron chi connectivity index (χ0n) is 5.33. The van der Waals surface area contributed by atoms with E-state index in [2.05, 4.69) is 11.2 Å². The Balaban J connectivity index is 2.85. The smallest absolute Gasteiger partial charge is 0.0893 e. The molecule has 1 aromatic rings. The zero-order chi connectivity index (χ0) is 6.53. The first-order chi connectivity index (χ1) is 4.43. The van der Waals surface area contributed by atoms with Gasteiger partial charge in [0.25, 0.3) is 0 Å². The number of pyridine rings is 1. The summed E-state index contributed by atoms with van der Waals surface area (Å²) in [5.41, 5.74) is 0.958. The molecule has 0 saturated carbocycles. The van der Waals surface area contributed by atoms with Gasteiger partial charge in [0, 0.05) is 0 Å². The molecule has 0 atom stereocenters. The molecule has 45 valence electrons. The molecule has 1 rings (SSSR count). The van der Waals surface area contributed by atoms with Crippen molar-refractivity contribution in [3.63, 3.8) is 0 Å². The van der Waals surface area contributed by atoms with E-state index < -0.39 is 0 Å². The third-order valence-corrected chi connectivity index (χ3v) is 0.969. The topological polar surface area (TPSA) is 12.9 Å². The maximum Gasteiger partial charge on any atom is 0.0893 e. The van der Waals surface area contributed by atoms with Gasteiger partial charge in [0.05, 0.1) is 11.9 Å². The van der Waals surface area contributed by atoms with Gasteiger partial charge < -0.3 is 0 Å². The van der Waals surface area contributed by atoms with Gasteiger partial charge in [-0.1, -0.05) is 12.1 Å². The molecule has 1 radical (unpaired) electrons. The summed E-state index contributed by atoms with van der Waals surface area (Å²) in [7, 11) is 0. The van der Waals surface area contributed by atoms with E-state index in [0.717, 1.165) is 5.69 Å². The summed E-state index contributed by atoms with van der Waals surface area (Å²) in [6.07, 6.45) is 6.64. The molecule has 0 amide bonds. The molecule has 1 aromatic heterocycles. The van der Waals surface area contributed by atoms with Crippen LogP contribution in [0.25, 0.3) is 6.08 Å². The second-order valence-corrected chi connectivity index (χ2v) is 1.69. The van der Waals surface area contributed by atoms with Crippen molar-refractivity contribution in [2.45, 2.75) is 6.92 Å². The Morgan fingerprint density at radius 3 is 3.11 bits per heavy atom. The minimum absolute atomic E-state index is 0.958. The first kappa shape index (κ1) is 6.02. The van der Waals surface area contributed by atoms with Crippen LogP contribution in [0.1, 0.15) is 12.6 Å². The van der Waals surface area contributed by atoms with Gasteiger partial charge >= 0.3 is 0 Å². The summed E-state index contributed by atoms with van der Waals surface area (Å²) < 4.78 is 0. The van der Waals surface area contributed by atoms with E-state index >= 15 is 0 Å². The van der Waals surface area contributed by atoms with Crippen LogP contribution in [-0.4, -0.2) is 4.98 Å². The number of rotatable bonds is 1. The highest BCUT2D eigenvalue weighted by Gasteiger charge is 1.79. The number of aromatic nitrogens is 1. The third-order valence-electron chi connectivity index (χ3n) is 0.969. The maximum absolute atomic E-state index is 3.96. The first-order valence-electron chi connectivity index (χ1n) is 2.89. The van der Waals surface area contributed by atoms with Crippen molar-refractivity contribution < 1.29 is 0 Å². The highest BCUT2D eigenvalue weighted by Crippen LogP contribution is 1.93. The predicted octanol–water partition coefficient (Wildman–Crippen LogP) is 1.91. The van der Waals surface area contributed by atoms with Crippen LogP contribution in [-0.2, 0) is 0 Å². The number of allylic oxidation sites excluding steroid dienone is 1. The van der Waals surface area contributed by atoms with Crippen molar-refractivity contribution in [3.8, 4) is 0 Å². The summed E-state index contributed by atoms with van der Waals surface area (Å²) >= 11 is 0. The average molecular weight is 118 g/mol. The minimum Gasteiger partial charge on any atom is -0.247 e. The average Bonchev–Trinajstić information content (AvgIpc) is 1.91. The van der Waals surface area contributed by atoms with Crippen molar-refractivity contribution in [3.05, 3.63) is 36.2 Å². The highest BCUT2D eigenvalue weighted by atomic mass is 14.6. The second kappa shape index (κ2) is 3.02. The summed E-state index contributed by atoms with van der Waals surface area (Å²) in [5.74, 6) is 0. The molecule has 0 spiro atoms. The molecule has 1 nitrogen and oxygen atoms in total. The highest BCUT2D eigenvalue weighted by molar-refractivity contribution is 5.42. The molecule has 0 fully saturated rings. The SMILES string of the molecule is C/C=C\c1ccc[c]n1.